The van der Waals surface area contributed by atoms with Crippen molar-refractivity contribution < 1.29 is 9.00 Å². The third kappa shape index (κ3) is 3.46. The molecule has 1 atom stereocenters. The maximum atomic E-state index is 12.7. The van der Waals surface area contributed by atoms with Crippen molar-refractivity contribution in [2.75, 3.05) is 11.6 Å². The Morgan fingerprint density at radius 1 is 1.09 bits per heavy atom. The lowest BCUT2D eigenvalue weighted by Gasteiger charge is -2.11. The van der Waals surface area contributed by atoms with Crippen LogP contribution >= 0.6 is 0 Å². The Morgan fingerprint density at radius 2 is 1.91 bits per heavy atom. The van der Waals surface area contributed by atoms with Crippen LogP contribution in [-0.2, 0) is 16.6 Å². The number of carbonyl (C=O) groups is 1. The Balaban J connectivity index is 1.94. The van der Waals surface area contributed by atoms with Gasteiger partial charge >= 0.3 is 0 Å². The van der Waals surface area contributed by atoms with E-state index in [0.29, 0.717) is 17.0 Å². The van der Waals surface area contributed by atoms with E-state index >= 15 is 0 Å². The van der Waals surface area contributed by atoms with Gasteiger partial charge in [-0.1, -0.05) is 30.3 Å². The van der Waals surface area contributed by atoms with Crippen molar-refractivity contribution in [2.24, 2.45) is 0 Å². The van der Waals surface area contributed by atoms with E-state index in [2.05, 4.69) is 10.3 Å². The van der Waals surface area contributed by atoms with Gasteiger partial charge in [0, 0.05) is 39.9 Å². The molecule has 3 rings (SSSR count). The lowest BCUT2D eigenvalue weighted by molar-refractivity contribution is 0.102. The summed E-state index contributed by atoms with van der Waals surface area (Å²) in [5, 5.41) is 3.73. The van der Waals surface area contributed by atoms with Crippen LogP contribution in [0.25, 0.3) is 10.9 Å². The number of rotatable bonds is 4. The first-order valence-corrected chi connectivity index (χ1v) is 8.91. The van der Waals surface area contributed by atoms with E-state index in [1.165, 1.54) is 0 Å². The average Bonchev–Trinajstić information content (AvgIpc) is 2.55. The van der Waals surface area contributed by atoms with E-state index in [-0.39, 0.29) is 5.91 Å². The van der Waals surface area contributed by atoms with Gasteiger partial charge in [0.2, 0.25) is 0 Å². The minimum absolute atomic E-state index is 0.196. The normalized spacial score (nSPS) is 12.0. The SMILES string of the molecule is CS(=O)Cc1ccccc1NC(=O)c1cccc2ncccc12. The van der Waals surface area contributed by atoms with Gasteiger partial charge in [0.15, 0.2) is 0 Å². The first-order valence-electron chi connectivity index (χ1n) is 7.18. The monoisotopic (exact) mass is 324 g/mol. The molecule has 2 aromatic carbocycles. The summed E-state index contributed by atoms with van der Waals surface area (Å²) >= 11 is 0. The van der Waals surface area contributed by atoms with Gasteiger partial charge in [-0.15, -0.1) is 0 Å². The molecule has 0 bridgehead atoms. The molecule has 1 N–H and O–H groups in total. The third-order valence-corrected chi connectivity index (χ3v) is 4.23. The summed E-state index contributed by atoms with van der Waals surface area (Å²) in [5.74, 6) is 0.214. The van der Waals surface area contributed by atoms with Gasteiger partial charge in [0.1, 0.15) is 0 Å². The summed E-state index contributed by atoms with van der Waals surface area (Å²) in [7, 11) is -0.970. The highest BCUT2D eigenvalue weighted by atomic mass is 32.2. The van der Waals surface area contributed by atoms with Crippen molar-refractivity contribution in [3.05, 3.63) is 71.9 Å². The number of nitrogens with one attached hydrogen (secondary N) is 1. The Kier molecular flexibility index (Phi) is 4.48. The number of carbonyl (C=O) groups excluding carboxylic acids is 1. The number of amides is 1. The number of para-hydroxylation sites is 1. The standard InChI is InChI=1S/C18H16N2O2S/c1-23(22)12-13-6-2-3-9-16(13)20-18(21)15-7-4-10-17-14(15)8-5-11-19-17/h2-11H,12H2,1H3,(H,20,21). The number of nitrogens with zero attached hydrogens (tertiary/aromatic N) is 1. The fourth-order valence-electron chi connectivity index (χ4n) is 2.48. The van der Waals surface area contributed by atoms with Crippen molar-refractivity contribution in [1.82, 2.24) is 4.98 Å². The Morgan fingerprint density at radius 3 is 2.74 bits per heavy atom. The molecule has 1 amide bonds. The first-order chi connectivity index (χ1) is 11.1. The molecule has 116 valence electrons. The van der Waals surface area contributed by atoms with Crippen LogP contribution in [0.3, 0.4) is 0 Å². The second-order valence-corrected chi connectivity index (χ2v) is 6.64. The maximum Gasteiger partial charge on any atom is 0.256 e. The van der Waals surface area contributed by atoms with Gasteiger partial charge in [0.05, 0.1) is 11.3 Å². The van der Waals surface area contributed by atoms with Crippen molar-refractivity contribution in [3.63, 3.8) is 0 Å². The Labute approximate surface area is 137 Å². The number of pyridine rings is 1. The molecule has 0 aliphatic heterocycles. The maximum absolute atomic E-state index is 12.7. The molecule has 0 radical (unpaired) electrons. The zero-order valence-electron chi connectivity index (χ0n) is 12.7. The average molecular weight is 324 g/mol. The third-order valence-electron chi connectivity index (χ3n) is 3.51. The molecular weight excluding hydrogens is 308 g/mol. The highest BCUT2D eigenvalue weighted by Crippen LogP contribution is 2.21. The lowest BCUT2D eigenvalue weighted by Crippen LogP contribution is -2.14. The highest BCUT2D eigenvalue weighted by molar-refractivity contribution is 7.83. The van der Waals surface area contributed by atoms with E-state index < -0.39 is 10.8 Å². The van der Waals surface area contributed by atoms with Gasteiger partial charge in [0.25, 0.3) is 5.91 Å². The topological polar surface area (TPSA) is 59.1 Å². The number of fused-ring (bicyclic) bond motifs is 1. The molecule has 0 spiro atoms. The number of hydrogen-bond donors (Lipinski definition) is 1. The quantitative estimate of drug-likeness (QED) is 0.800. The molecular formula is C18H16N2O2S. The summed E-state index contributed by atoms with van der Waals surface area (Å²) < 4.78 is 11.5. The summed E-state index contributed by atoms with van der Waals surface area (Å²) in [5.41, 5.74) is 2.90. The van der Waals surface area contributed by atoms with Crippen molar-refractivity contribution >= 4 is 33.3 Å². The molecule has 4 nitrogen and oxygen atoms in total. The molecule has 0 saturated heterocycles. The van der Waals surface area contributed by atoms with Gasteiger partial charge in [-0.25, -0.2) is 0 Å². The zero-order valence-corrected chi connectivity index (χ0v) is 13.5. The number of hydrogen-bond acceptors (Lipinski definition) is 3. The molecule has 0 aliphatic rings. The molecule has 1 heterocycles. The number of aromatic nitrogens is 1. The summed E-state index contributed by atoms with van der Waals surface area (Å²) in [4.78, 5) is 16.9. The minimum atomic E-state index is -0.970. The van der Waals surface area contributed by atoms with Crippen LogP contribution in [0.1, 0.15) is 15.9 Å². The lowest BCUT2D eigenvalue weighted by atomic mass is 10.1. The molecule has 5 heteroatoms. The van der Waals surface area contributed by atoms with Crippen LogP contribution in [0, 0.1) is 0 Å². The van der Waals surface area contributed by atoms with Crippen LogP contribution in [0.4, 0.5) is 5.69 Å². The van der Waals surface area contributed by atoms with Crippen LogP contribution in [0.2, 0.25) is 0 Å². The number of benzene rings is 2. The van der Waals surface area contributed by atoms with E-state index in [1.54, 1.807) is 18.5 Å². The fourth-order valence-corrected chi connectivity index (χ4v) is 3.17. The Hall–Kier alpha value is -2.53. The Bertz CT molecular complexity index is 888. The van der Waals surface area contributed by atoms with E-state index in [0.717, 1.165) is 16.5 Å². The predicted octanol–water partition coefficient (Wildman–Crippen LogP) is 3.37. The molecule has 3 aromatic rings. The fraction of sp³-hybridized carbons (Fsp3) is 0.111. The summed E-state index contributed by atoms with van der Waals surface area (Å²) in [6.07, 6.45) is 3.35. The predicted molar refractivity (Wildman–Crippen MR) is 93.9 cm³/mol. The molecule has 0 saturated carbocycles. The molecule has 1 aromatic heterocycles. The van der Waals surface area contributed by atoms with E-state index in [4.69, 9.17) is 0 Å². The van der Waals surface area contributed by atoms with Crippen molar-refractivity contribution in [1.29, 1.82) is 0 Å². The molecule has 1 unspecified atom stereocenters. The zero-order chi connectivity index (χ0) is 16.2. The van der Waals surface area contributed by atoms with Crippen molar-refractivity contribution in [3.8, 4) is 0 Å². The first kappa shape index (κ1) is 15.4. The van der Waals surface area contributed by atoms with Crippen LogP contribution in [0.5, 0.6) is 0 Å². The largest absolute Gasteiger partial charge is 0.322 e. The van der Waals surface area contributed by atoms with E-state index in [9.17, 15) is 9.00 Å². The summed E-state index contributed by atoms with van der Waals surface area (Å²) in [6, 6.07) is 16.6. The highest BCUT2D eigenvalue weighted by Gasteiger charge is 2.12. The van der Waals surface area contributed by atoms with Gasteiger partial charge < -0.3 is 5.32 Å². The van der Waals surface area contributed by atoms with E-state index in [1.807, 2.05) is 48.5 Å². The molecule has 0 aliphatic carbocycles. The number of anilines is 1. The van der Waals surface area contributed by atoms with Crippen LogP contribution in [0.15, 0.2) is 60.8 Å². The second-order valence-electron chi connectivity index (χ2n) is 5.20. The van der Waals surface area contributed by atoms with Gasteiger partial charge in [-0.05, 0) is 29.8 Å². The van der Waals surface area contributed by atoms with Crippen LogP contribution in [-0.4, -0.2) is 21.4 Å². The smallest absolute Gasteiger partial charge is 0.256 e. The van der Waals surface area contributed by atoms with Crippen molar-refractivity contribution in [2.45, 2.75) is 5.75 Å². The molecule has 0 fully saturated rings. The van der Waals surface area contributed by atoms with Crippen LogP contribution < -0.4 is 5.32 Å². The van der Waals surface area contributed by atoms with Gasteiger partial charge in [-0.2, -0.15) is 0 Å². The van der Waals surface area contributed by atoms with Gasteiger partial charge in [-0.3, -0.25) is 14.0 Å². The summed E-state index contributed by atoms with van der Waals surface area (Å²) in [6.45, 7) is 0. The second kappa shape index (κ2) is 6.71. The molecule has 23 heavy (non-hydrogen) atoms. The minimum Gasteiger partial charge on any atom is -0.322 e.